The predicted molar refractivity (Wildman–Crippen MR) is 86.6 cm³/mol. The van der Waals surface area contributed by atoms with Crippen molar-refractivity contribution in [1.82, 2.24) is 9.88 Å². The van der Waals surface area contributed by atoms with Gasteiger partial charge in [-0.25, -0.2) is 4.98 Å². The molecule has 0 spiro atoms. The Kier molecular flexibility index (Phi) is 4.39. The van der Waals surface area contributed by atoms with Gasteiger partial charge in [0.15, 0.2) is 0 Å². The number of fused-ring (bicyclic) bond motifs is 1. The minimum absolute atomic E-state index is 0.273. The largest absolute Gasteiger partial charge is 0.506 e. The second-order valence-corrected chi connectivity index (χ2v) is 6.17. The number of aromatic hydroxyl groups is 1. The van der Waals surface area contributed by atoms with Gasteiger partial charge in [0.05, 0.1) is 0 Å². The number of nitrogens with zero attached hydrogens (tertiary/aromatic N) is 2. The van der Waals surface area contributed by atoms with E-state index in [4.69, 9.17) is 0 Å². The number of benzene rings is 1. The molecule has 112 valence electrons. The molecular formula is C18H24N2O. The Labute approximate surface area is 126 Å². The summed E-state index contributed by atoms with van der Waals surface area (Å²) in [6.07, 6.45) is 7.76. The molecule has 1 N–H and O–H groups in total. The van der Waals surface area contributed by atoms with Gasteiger partial charge in [0.25, 0.3) is 0 Å². The zero-order chi connectivity index (χ0) is 14.7. The van der Waals surface area contributed by atoms with E-state index in [1.165, 1.54) is 32.1 Å². The minimum Gasteiger partial charge on any atom is -0.506 e. The Balaban J connectivity index is 1.66. The average Bonchev–Trinajstić information content (AvgIpc) is 2.54. The molecule has 1 heterocycles. The SMILES string of the molecule is CN(CCc1ccc2cccc(O)c2n1)C1CCCCC1. The average molecular weight is 284 g/mol. The normalized spacial score (nSPS) is 16.7. The van der Waals surface area contributed by atoms with Crippen molar-refractivity contribution in [3.63, 3.8) is 0 Å². The van der Waals surface area contributed by atoms with Crippen LogP contribution in [0.25, 0.3) is 10.9 Å². The van der Waals surface area contributed by atoms with Gasteiger partial charge in [0.1, 0.15) is 11.3 Å². The molecule has 2 aromatic rings. The van der Waals surface area contributed by atoms with Crippen molar-refractivity contribution in [2.45, 2.75) is 44.6 Å². The zero-order valence-corrected chi connectivity index (χ0v) is 12.8. The molecule has 1 fully saturated rings. The molecular weight excluding hydrogens is 260 g/mol. The molecule has 3 rings (SSSR count). The number of para-hydroxylation sites is 1. The minimum atomic E-state index is 0.273. The van der Waals surface area contributed by atoms with Crippen LogP contribution in [0.3, 0.4) is 0 Å². The molecule has 0 amide bonds. The van der Waals surface area contributed by atoms with Crippen LogP contribution in [0.15, 0.2) is 30.3 Å². The Bertz CT molecular complexity index is 605. The first-order chi connectivity index (χ1) is 10.2. The van der Waals surface area contributed by atoms with Crippen LogP contribution in [-0.2, 0) is 6.42 Å². The van der Waals surface area contributed by atoms with Crippen molar-refractivity contribution in [3.8, 4) is 5.75 Å². The van der Waals surface area contributed by atoms with Gasteiger partial charge in [-0.05, 0) is 32.0 Å². The molecule has 0 atom stereocenters. The van der Waals surface area contributed by atoms with Crippen LogP contribution in [0.1, 0.15) is 37.8 Å². The summed E-state index contributed by atoms with van der Waals surface area (Å²) in [5, 5.41) is 10.9. The van der Waals surface area contributed by atoms with Gasteiger partial charge < -0.3 is 10.0 Å². The summed E-state index contributed by atoms with van der Waals surface area (Å²) < 4.78 is 0. The number of phenols is 1. The van der Waals surface area contributed by atoms with Crippen molar-refractivity contribution < 1.29 is 5.11 Å². The molecule has 0 unspecified atom stereocenters. The molecule has 0 aliphatic heterocycles. The summed E-state index contributed by atoms with van der Waals surface area (Å²) in [4.78, 5) is 7.10. The molecule has 1 saturated carbocycles. The molecule has 3 nitrogen and oxygen atoms in total. The first kappa shape index (κ1) is 14.3. The van der Waals surface area contributed by atoms with Crippen LogP contribution < -0.4 is 0 Å². The Morgan fingerprint density at radius 2 is 1.95 bits per heavy atom. The van der Waals surface area contributed by atoms with E-state index in [1.54, 1.807) is 6.07 Å². The molecule has 1 aliphatic rings. The highest BCUT2D eigenvalue weighted by molar-refractivity contribution is 5.84. The Morgan fingerprint density at radius 3 is 2.76 bits per heavy atom. The summed E-state index contributed by atoms with van der Waals surface area (Å²) in [5.41, 5.74) is 1.78. The topological polar surface area (TPSA) is 36.4 Å². The van der Waals surface area contributed by atoms with Crippen LogP contribution >= 0.6 is 0 Å². The van der Waals surface area contributed by atoms with Crippen molar-refractivity contribution in [2.75, 3.05) is 13.6 Å². The van der Waals surface area contributed by atoms with Crippen LogP contribution in [0.2, 0.25) is 0 Å². The number of hydrogen-bond donors (Lipinski definition) is 1. The standard InChI is InChI=1S/C18H24N2O/c1-20(16-7-3-2-4-8-16)13-12-15-11-10-14-6-5-9-17(21)18(14)19-15/h5-6,9-11,16,21H,2-4,7-8,12-13H2,1H3. The van der Waals surface area contributed by atoms with Gasteiger partial charge in [-0.2, -0.15) is 0 Å². The van der Waals surface area contributed by atoms with E-state index in [0.29, 0.717) is 0 Å². The van der Waals surface area contributed by atoms with Crippen LogP contribution in [0.4, 0.5) is 0 Å². The summed E-state index contributed by atoms with van der Waals surface area (Å²) in [7, 11) is 2.23. The molecule has 3 heteroatoms. The zero-order valence-electron chi connectivity index (χ0n) is 12.8. The monoisotopic (exact) mass is 284 g/mol. The molecule has 21 heavy (non-hydrogen) atoms. The van der Waals surface area contributed by atoms with Gasteiger partial charge in [-0.1, -0.05) is 37.5 Å². The quantitative estimate of drug-likeness (QED) is 0.929. The third-order valence-corrected chi connectivity index (χ3v) is 4.68. The van der Waals surface area contributed by atoms with Crippen LogP contribution in [-0.4, -0.2) is 34.6 Å². The maximum atomic E-state index is 9.90. The van der Waals surface area contributed by atoms with E-state index in [9.17, 15) is 5.11 Å². The summed E-state index contributed by atoms with van der Waals surface area (Å²) in [6.45, 7) is 1.04. The molecule has 0 radical (unpaired) electrons. The predicted octanol–water partition coefficient (Wildman–Crippen LogP) is 3.75. The van der Waals surface area contributed by atoms with Crippen LogP contribution in [0, 0.1) is 0 Å². The molecule has 0 bridgehead atoms. The Hall–Kier alpha value is -1.61. The lowest BCUT2D eigenvalue weighted by Gasteiger charge is -2.31. The third kappa shape index (κ3) is 3.35. The van der Waals surface area contributed by atoms with Gasteiger partial charge >= 0.3 is 0 Å². The van der Waals surface area contributed by atoms with E-state index in [0.717, 1.165) is 35.6 Å². The van der Waals surface area contributed by atoms with Crippen molar-refractivity contribution in [1.29, 1.82) is 0 Å². The van der Waals surface area contributed by atoms with E-state index >= 15 is 0 Å². The first-order valence-corrected chi connectivity index (χ1v) is 8.02. The maximum absolute atomic E-state index is 9.90. The fraction of sp³-hybridized carbons (Fsp3) is 0.500. The lowest BCUT2D eigenvalue weighted by Crippen LogP contribution is -2.34. The molecule has 1 aromatic heterocycles. The molecule has 0 saturated heterocycles. The highest BCUT2D eigenvalue weighted by Gasteiger charge is 2.17. The smallest absolute Gasteiger partial charge is 0.141 e. The van der Waals surface area contributed by atoms with Gasteiger partial charge in [-0.3, -0.25) is 0 Å². The fourth-order valence-corrected chi connectivity index (χ4v) is 3.31. The van der Waals surface area contributed by atoms with Crippen molar-refractivity contribution in [2.24, 2.45) is 0 Å². The van der Waals surface area contributed by atoms with E-state index in [2.05, 4.69) is 29.1 Å². The van der Waals surface area contributed by atoms with Gasteiger partial charge in [-0.15, -0.1) is 0 Å². The second-order valence-electron chi connectivity index (χ2n) is 6.17. The summed E-state index contributed by atoms with van der Waals surface area (Å²) in [6, 6.07) is 10.4. The summed E-state index contributed by atoms with van der Waals surface area (Å²) in [5.74, 6) is 0.273. The number of hydrogen-bond acceptors (Lipinski definition) is 3. The highest BCUT2D eigenvalue weighted by atomic mass is 16.3. The number of likely N-dealkylation sites (N-methyl/N-ethyl adjacent to an activating group) is 1. The maximum Gasteiger partial charge on any atom is 0.141 e. The van der Waals surface area contributed by atoms with E-state index < -0.39 is 0 Å². The van der Waals surface area contributed by atoms with E-state index in [1.807, 2.05) is 12.1 Å². The van der Waals surface area contributed by atoms with Crippen LogP contribution in [0.5, 0.6) is 5.75 Å². The Morgan fingerprint density at radius 1 is 1.14 bits per heavy atom. The van der Waals surface area contributed by atoms with E-state index in [-0.39, 0.29) is 5.75 Å². The number of rotatable bonds is 4. The first-order valence-electron chi connectivity index (χ1n) is 8.02. The lowest BCUT2D eigenvalue weighted by molar-refractivity contribution is 0.193. The summed E-state index contributed by atoms with van der Waals surface area (Å²) >= 11 is 0. The molecule has 1 aliphatic carbocycles. The lowest BCUT2D eigenvalue weighted by atomic mass is 9.94. The van der Waals surface area contributed by atoms with Crippen molar-refractivity contribution in [3.05, 3.63) is 36.0 Å². The van der Waals surface area contributed by atoms with Gasteiger partial charge in [0, 0.05) is 30.1 Å². The number of aromatic nitrogens is 1. The number of pyridine rings is 1. The highest BCUT2D eigenvalue weighted by Crippen LogP contribution is 2.24. The fourth-order valence-electron chi connectivity index (χ4n) is 3.31. The van der Waals surface area contributed by atoms with Crippen molar-refractivity contribution >= 4 is 10.9 Å². The van der Waals surface area contributed by atoms with Gasteiger partial charge in [0.2, 0.25) is 0 Å². The molecule has 1 aromatic carbocycles. The third-order valence-electron chi connectivity index (χ3n) is 4.68. The second kappa shape index (κ2) is 6.44. The number of phenolic OH excluding ortho intramolecular Hbond substituents is 1.